The number of sulfonamides is 1. The maximum absolute atomic E-state index is 12.5. The van der Waals surface area contributed by atoms with E-state index in [0.717, 1.165) is 30.4 Å². The van der Waals surface area contributed by atoms with E-state index in [1.165, 1.54) is 0 Å². The standard InChI is InChI=1S/C15H24N2O2S/c1-10-8-12(9-13(16)11(10)2)20(18,19)17-14-6-5-7-15(14,3)4/h8-9,14,17H,5-7,16H2,1-4H3. The van der Waals surface area contributed by atoms with E-state index in [-0.39, 0.29) is 16.4 Å². The molecule has 4 nitrogen and oxygen atoms in total. The van der Waals surface area contributed by atoms with Gasteiger partial charge in [-0.3, -0.25) is 0 Å². The van der Waals surface area contributed by atoms with E-state index in [1.54, 1.807) is 12.1 Å². The molecule has 3 N–H and O–H groups in total. The number of anilines is 1. The number of hydrogen-bond donors (Lipinski definition) is 2. The largest absolute Gasteiger partial charge is 0.398 e. The number of hydrogen-bond acceptors (Lipinski definition) is 3. The van der Waals surface area contributed by atoms with Crippen molar-refractivity contribution in [2.75, 3.05) is 5.73 Å². The molecule has 1 unspecified atom stereocenters. The monoisotopic (exact) mass is 296 g/mol. The highest BCUT2D eigenvalue weighted by Gasteiger charge is 2.37. The van der Waals surface area contributed by atoms with Gasteiger partial charge in [0, 0.05) is 11.7 Å². The summed E-state index contributed by atoms with van der Waals surface area (Å²) < 4.78 is 27.9. The molecular weight excluding hydrogens is 272 g/mol. The topological polar surface area (TPSA) is 72.2 Å². The van der Waals surface area contributed by atoms with E-state index < -0.39 is 10.0 Å². The van der Waals surface area contributed by atoms with Gasteiger partial charge in [0.15, 0.2) is 0 Å². The van der Waals surface area contributed by atoms with Gasteiger partial charge in [0.2, 0.25) is 10.0 Å². The lowest BCUT2D eigenvalue weighted by Gasteiger charge is -2.27. The Hall–Kier alpha value is -1.07. The molecule has 0 heterocycles. The van der Waals surface area contributed by atoms with Crippen LogP contribution in [0.15, 0.2) is 17.0 Å². The van der Waals surface area contributed by atoms with Gasteiger partial charge in [-0.05, 0) is 55.4 Å². The first-order valence-electron chi connectivity index (χ1n) is 7.02. The maximum Gasteiger partial charge on any atom is 0.240 e. The summed E-state index contributed by atoms with van der Waals surface area (Å²) in [5.74, 6) is 0. The van der Waals surface area contributed by atoms with Gasteiger partial charge in [-0.1, -0.05) is 20.3 Å². The average Bonchev–Trinajstić information content (AvgIpc) is 2.64. The molecule has 1 saturated carbocycles. The van der Waals surface area contributed by atoms with Gasteiger partial charge in [-0.25, -0.2) is 13.1 Å². The quantitative estimate of drug-likeness (QED) is 0.842. The summed E-state index contributed by atoms with van der Waals surface area (Å²) in [6.45, 7) is 8.00. The molecule has 1 aliphatic carbocycles. The van der Waals surface area contributed by atoms with Gasteiger partial charge in [0.25, 0.3) is 0 Å². The van der Waals surface area contributed by atoms with Crippen molar-refractivity contribution < 1.29 is 8.42 Å². The molecule has 20 heavy (non-hydrogen) atoms. The van der Waals surface area contributed by atoms with E-state index in [2.05, 4.69) is 18.6 Å². The van der Waals surface area contributed by atoms with Crippen molar-refractivity contribution in [3.05, 3.63) is 23.3 Å². The van der Waals surface area contributed by atoms with Crippen molar-refractivity contribution in [2.24, 2.45) is 5.41 Å². The normalized spacial score (nSPS) is 22.1. The van der Waals surface area contributed by atoms with E-state index in [4.69, 9.17) is 5.73 Å². The van der Waals surface area contributed by atoms with Gasteiger partial charge in [-0.2, -0.15) is 0 Å². The number of nitrogen functional groups attached to an aromatic ring is 1. The van der Waals surface area contributed by atoms with Crippen molar-refractivity contribution in [3.63, 3.8) is 0 Å². The first kappa shape index (κ1) is 15.3. The zero-order chi connectivity index (χ0) is 15.1. The van der Waals surface area contributed by atoms with Gasteiger partial charge in [-0.15, -0.1) is 0 Å². The van der Waals surface area contributed by atoms with Crippen LogP contribution in [0.5, 0.6) is 0 Å². The van der Waals surface area contributed by atoms with Gasteiger partial charge in [0.05, 0.1) is 4.90 Å². The minimum absolute atomic E-state index is 0.00432. The molecule has 0 aromatic heterocycles. The summed E-state index contributed by atoms with van der Waals surface area (Å²) in [5, 5.41) is 0. The second-order valence-corrected chi connectivity index (χ2v) is 8.22. The maximum atomic E-state index is 12.5. The van der Waals surface area contributed by atoms with Crippen molar-refractivity contribution in [1.29, 1.82) is 0 Å². The second-order valence-electron chi connectivity index (χ2n) is 6.51. The van der Waals surface area contributed by atoms with Crippen LogP contribution < -0.4 is 10.5 Å². The molecule has 0 spiro atoms. The molecule has 0 saturated heterocycles. The zero-order valence-electron chi connectivity index (χ0n) is 12.7. The summed E-state index contributed by atoms with van der Waals surface area (Å²) >= 11 is 0. The van der Waals surface area contributed by atoms with E-state index in [1.807, 2.05) is 13.8 Å². The number of nitrogens with one attached hydrogen (secondary N) is 1. The van der Waals surface area contributed by atoms with Crippen LogP contribution in [0, 0.1) is 19.3 Å². The Labute approximate surface area is 121 Å². The smallest absolute Gasteiger partial charge is 0.240 e. The molecule has 1 aromatic rings. The highest BCUT2D eigenvalue weighted by Crippen LogP contribution is 2.38. The third-order valence-corrected chi connectivity index (χ3v) is 6.00. The van der Waals surface area contributed by atoms with Crippen LogP contribution in [0.25, 0.3) is 0 Å². The van der Waals surface area contributed by atoms with Crippen LogP contribution in [0.4, 0.5) is 5.69 Å². The van der Waals surface area contributed by atoms with Crippen molar-refractivity contribution >= 4 is 15.7 Å². The fraction of sp³-hybridized carbons (Fsp3) is 0.600. The first-order valence-corrected chi connectivity index (χ1v) is 8.51. The molecule has 5 heteroatoms. The number of aryl methyl sites for hydroxylation is 1. The molecule has 1 aromatic carbocycles. The van der Waals surface area contributed by atoms with Crippen LogP contribution in [0.2, 0.25) is 0 Å². The van der Waals surface area contributed by atoms with Crippen molar-refractivity contribution in [1.82, 2.24) is 4.72 Å². The fourth-order valence-electron chi connectivity index (χ4n) is 2.81. The predicted molar refractivity (Wildman–Crippen MR) is 82.1 cm³/mol. The van der Waals surface area contributed by atoms with E-state index >= 15 is 0 Å². The summed E-state index contributed by atoms with van der Waals surface area (Å²) in [4.78, 5) is 0.265. The molecule has 1 fully saturated rings. The van der Waals surface area contributed by atoms with E-state index in [0.29, 0.717) is 5.69 Å². The minimum atomic E-state index is -3.51. The lowest BCUT2D eigenvalue weighted by molar-refractivity contribution is 0.313. The van der Waals surface area contributed by atoms with Crippen LogP contribution >= 0.6 is 0 Å². The minimum Gasteiger partial charge on any atom is -0.398 e. The molecule has 1 atom stereocenters. The lowest BCUT2D eigenvalue weighted by atomic mass is 9.88. The average molecular weight is 296 g/mol. The van der Waals surface area contributed by atoms with Crippen LogP contribution in [0.1, 0.15) is 44.2 Å². The zero-order valence-corrected chi connectivity index (χ0v) is 13.5. The Morgan fingerprint density at radius 3 is 2.45 bits per heavy atom. The highest BCUT2D eigenvalue weighted by atomic mass is 32.2. The van der Waals surface area contributed by atoms with Crippen LogP contribution in [-0.4, -0.2) is 14.5 Å². The number of nitrogens with two attached hydrogens (primary N) is 1. The molecule has 0 amide bonds. The molecule has 0 radical (unpaired) electrons. The molecule has 2 rings (SSSR count). The van der Waals surface area contributed by atoms with Crippen LogP contribution in [0.3, 0.4) is 0 Å². The summed E-state index contributed by atoms with van der Waals surface area (Å²) in [7, 11) is -3.51. The van der Waals surface area contributed by atoms with E-state index in [9.17, 15) is 8.42 Å². The van der Waals surface area contributed by atoms with Crippen molar-refractivity contribution in [3.8, 4) is 0 Å². The summed E-state index contributed by atoms with van der Waals surface area (Å²) in [6.07, 6.45) is 3.01. The van der Waals surface area contributed by atoms with Crippen LogP contribution in [-0.2, 0) is 10.0 Å². The Morgan fingerprint density at radius 2 is 1.95 bits per heavy atom. The van der Waals surface area contributed by atoms with Crippen molar-refractivity contribution in [2.45, 2.75) is 57.9 Å². The molecule has 0 bridgehead atoms. The third-order valence-electron chi connectivity index (χ3n) is 4.55. The molecule has 0 aliphatic heterocycles. The molecule has 1 aliphatic rings. The Bertz CT molecular complexity index is 598. The predicted octanol–water partition coefficient (Wildman–Crippen LogP) is 2.74. The SMILES string of the molecule is Cc1cc(S(=O)(=O)NC2CCCC2(C)C)cc(N)c1C. The number of rotatable bonds is 3. The molecule has 112 valence electrons. The summed E-state index contributed by atoms with van der Waals surface area (Å²) in [5.41, 5.74) is 8.26. The second kappa shape index (κ2) is 5.04. The number of benzene rings is 1. The Kier molecular flexibility index (Phi) is 3.86. The van der Waals surface area contributed by atoms with Gasteiger partial charge in [0.1, 0.15) is 0 Å². The highest BCUT2D eigenvalue weighted by molar-refractivity contribution is 7.89. The Morgan fingerprint density at radius 1 is 1.30 bits per heavy atom. The third kappa shape index (κ3) is 2.83. The van der Waals surface area contributed by atoms with Gasteiger partial charge < -0.3 is 5.73 Å². The summed E-state index contributed by atoms with van der Waals surface area (Å²) in [6, 6.07) is 3.23. The van der Waals surface area contributed by atoms with Gasteiger partial charge >= 0.3 is 0 Å². The molecular formula is C15H24N2O2S. The lowest BCUT2D eigenvalue weighted by Crippen LogP contribution is -2.41. The fourth-order valence-corrected chi connectivity index (χ4v) is 4.37. The first-order chi connectivity index (χ1) is 9.13. The Balaban J connectivity index is 2.32.